The van der Waals surface area contributed by atoms with Crippen LogP contribution in [-0.2, 0) is 21.9 Å². The van der Waals surface area contributed by atoms with Crippen molar-refractivity contribution in [1.82, 2.24) is 10.2 Å². The van der Waals surface area contributed by atoms with Crippen LogP contribution in [0, 0.1) is 6.92 Å². The third kappa shape index (κ3) is 8.29. The van der Waals surface area contributed by atoms with Gasteiger partial charge in [0.25, 0.3) is 0 Å². The van der Waals surface area contributed by atoms with E-state index in [1.807, 2.05) is 45.0 Å². The van der Waals surface area contributed by atoms with Crippen LogP contribution in [0.15, 0.2) is 48.5 Å². The Labute approximate surface area is 190 Å². The van der Waals surface area contributed by atoms with Gasteiger partial charge in [0.15, 0.2) is 0 Å². The van der Waals surface area contributed by atoms with E-state index < -0.39 is 6.04 Å². The zero-order chi connectivity index (χ0) is 23.0. The molecule has 0 aliphatic rings. The number of carbonyl (C=O) groups excluding carboxylic acids is 2. The molecular weight excluding hydrogens is 408 g/mol. The second kappa shape index (κ2) is 11.2. The molecular formula is C25H34N2O3S. The Kier molecular flexibility index (Phi) is 8.99. The van der Waals surface area contributed by atoms with Crippen molar-refractivity contribution in [3.8, 4) is 5.75 Å². The van der Waals surface area contributed by atoms with Crippen LogP contribution in [0.4, 0.5) is 0 Å². The van der Waals surface area contributed by atoms with Crippen molar-refractivity contribution in [3.05, 3.63) is 65.2 Å². The Morgan fingerprint density at radius 2 is 1.77 bits per heavy atom. The van der Waals surface area contributed by atoms with Crippen LogP contribution >= 0.6 is 11.8 Å². The highest BCUT2D eigenvalue weighted by Gasteiger charge is 2.28. The van der Waals surface area contributed by atoms with E-state index in [-0.39, 0.29) is 17.4 Å². The number of aryl methyl sites for hydroxylation is 1. The maximum absolute atomic E-state index is 13.2. The van der Waals surface area contributed by atoms with Crippen LogP contribution in [0.2, 0.25) is 0 Å². The maximum Gasteiger partial charge on any atom is 0.242 e. The zero-order valence-corrected chi connectivity index (χ0v) is 20.2. The summed E-state index contributed by atoms with van der Waals surface area (Å²) in [4.78, 5) is 27.6. The minimum Gasteiger partial charge on any atom is -0.497 e. The van der Waals surface area contributed by atoms with Crippen LogP contribution in [-0.4, -0.2) is 41.2 Å². The number of hydrogen-bond acceptors (Lipinski definition) is 4. The standard InChI is InChI=1S/C25H34N2O3S/c1-18-10-12-20(13-11-18)16-31-17-23(28)27(19(2)24(29)26-25(3,4)5)15-21-8-7-9-22(14-21)30-6/h7-14,19H,15-17H2,1-6H3,(H,26,29). The second-order valence-corrected chi connectivity index (χ2v) is 9.75. The van der Waals surface area contributed by atoms with Gasteiger partial charge in [-0.3, -0.25) is 9.59 Å². The number of ether oxygens (including phenoxy) is 1. The number of rotatable bonds is 9. The first-order chi connectivity index (χ1) is 14.6. The molecule has 0 aliphatic carbocycles. The third-order valence-electron chi connectivity index (χ3n) is 4.77. The van der Waals surface area contributed by atoms with Crippen molar-refractivity contribution in [2.75, 3.05) is 12.9 Å². The normalized spacial score (nSPS) is 12.2. The van der Waals surface area contributed by atoms with Gasteiger partial charge in [-0.05, 0) is 57.9 Å². The predicted molar refractivity (Wildman–Crippen MR) is 128 cm³/mol. The van der Waals surface area contributed by atoms with Crippen molar-refractivity contribution in [2.45, 2.75) is 58.5 Å². The zero-order valence-electron chi connectivity index (χ0n) is 19.4. The summed E-state index contributed by atoms with van der Waals surface area (Å²) in [5.41, 5.74) is 2.96. The Morgan fingerprint density at radius 3 is 2.39 bits per heavy atom. The summed E-state index contributed by atoms with van der Waals surface area (Å²) in [5, 5.41) is 2.99. The number of amides is 2. The molecule has 5 nitrogen and oxygen atoms in total. The molecule has 0 aromatic heterocycles. The molecule has 0 spiro atoms. The first-order valence-electron chi connectivity index (χ1n) is 10.5. The van der Waals surface area contributed by atoms with E-state index in [0.29, 0.717) is 12.3 Å². The lowest BCUT2D eigenvalue weighted by molar-refractivity contribution is -0.139. The highest BCUT2D eigenvalue weighted by atomic mass is 32.2. The van der Waals surface area contributed by atoms with E-state index in [1.165, 1.54) is 11.1 Å². The smallest absolute Gasteiger partial charge is 0.242 e. The van der Waals surface area contributed by atoms with Gasteiger partial charge in [-0.15, -0.1) is 11.8 Å². The predicted octanol–water partition coefficient (Wildman–Crippen LogP) is 4.57. The minimum absolute atomic E-state index is 0.0588. The summed E-state index contributed by atoms with van der Waals surface area (Å²) in [5.74, 6) is 1.57. The molecule has 0 fully saturated rings. The Hall–Kier alpha value is -2.47. The van der Waals surface area contributed by atoms with Crippen LogP contribution < -0.4 is 10.1 Å². The Morgan fingerprint density at radius 1 is 1.10 bits per heavy atom. The lowest BCUT2D eigenvalue weighted by Crippen LogP contribution is -2.52. The molecule has 31 heavy (non-hydrogen) atoms. The van der Waals surface area contributed by atoms with Crippen molar-refractivity contribution >= 4 is 23.6 Å². The molecule has 2 aromatic carbocycles. The van der Waals surface area contributed by atoms with Crippen LogP contribution in [0.1, 0.15) is 44.4 Å². The fourth-order valence-corrected chi connectivity index (χ4v) is 3.92. The van der Waals surface area contributed by atoms with Crippen molar-refractivity contribution < 1.29 is 14.3 Å². The fourth-order valence-electron chi connectivity index (χ4n) is 3.05. The van der Waals surface area contributed by atoms with E-state index in [0.717, 1.165) is 17.1 Å². The summed E-state index contributed by atoms with van der Waals surface area (Å²) in [7, 11) is 1.61. The van der Waals surface area contributed by atoms with Gasteiger partial charge in [-0.2, -0.15) is 0 Å². The molecule has 0 aliphatic heterocycles. The lowest BCUT2D eigenvalue weighted by atomic mass is 10.1. The molecule has 1 atom stereocenters. The van der Waals surface area contributed by atoms with Gasteiger partial charge in [-0.1, -0.05) is 42.0 Å². The largest absolute Gasteiger partial charge is 0.497 e. The van der Waals surface area contributed by atoms with Gasteiger partial charge in [0, 0.05) is 17.8 Å². The number of hydrogen-bond donors (Lipinski definition) is 1. The fraction of sp³-hybridized carbons (Fsp3) is 0.440. The van der Waals surface area contributed by atoms with E-state index in [4.69, 9.17) is 4.74 Å². The van der Waals surface area contributed by atoms with Crippen molar-refractivity contribution in [1.29, 1.82) is 0 Å². The lowest BCUT2D eigenvalue weighted by Gasteiger charge is -2.31. The monoisotopic (exact) mass is 442 g/mol. The van der Waals surface area contributed by atoms with Crippen LogP contribution in [0.5, 0.6) is 5.75 Å². The average molecular weight is 443 g/mol. The van der Waals surface area contributed by atoms with E-state index >= 15 is 0 Å². The number of carbonyl (C=O) groups is 2. The molecule has 1 unspecified atom stereocenters. The first kappa shape index (κ1) is 24.8. The molecule has 6 heteroatoms. The van der Waals surface area contributed by atoms with Gasteiger partial charge < -0.3 is 15.0 Å². The van der Waals surface area contributed by atoms with Gasteiger partial charge in [0.05, 0.1) is 12.9 Å². The molecule has 0 bridgehead atoms. The van der Waals surface area contributed by atoms with Crippen LogP contribution in [0.3, 0.4) is 0 Å². The van der Waals surface area contributed by atoms with Crippen LogP contribution in [0.25, 0.3) is 0 Å². The maximum atomic E-state index is 13.2. The molecule has 0 saturated heterocycles. The number of benzene rings is 2. The van der Waals surface area contributed by atoms with E-state index in [9.17, 15) is 9.59 Å². The number of thioether (sulfide) groups is 1. The molecule has 0 saturated carbocycles. The van der Waals surface area contributed by atoms with Crippen molar-refractivity contribution in [2.24, 2.45) is 0 Å². The Bertz CT molecular complexity index is 875. The summed E-state index contributed by atoms with van der Waals surface area (Å²) in [6.45, 7) is 9.99. The number of methoxy groups -OCH3 is 1. The summed E-state index contributed by atoms with van der Waals surface area (Å²) < 4.78 is 5.31. The third-order valence-corrected chi connectivity index (χ3v) is 5.76. The summed E-state index contributed by atoms with van der Waals surface area (Å²) in [6.07, 6.45) is 0. The van der Waals surface area contributed by atoms with Crippen molar-refractivity contribution in [3.63, 3.8) is 0 Å². The highest BCUT2D eigenvalue weighted by Crippen LogP contribution is 2.19. The topological polar surface area (TPSA) is 58.6 Å². The highest BCUT2D eigenvalue weighted by molar-refractivity contribution is 7.99. The Balaban J connectivity index is 2.11. The average Bonchev–Trinajstić information content (AvgIpc) is 2.71. The van der Waals surface area contributed by atoms with E-state index in [1.54, 1.807) is 30.7 Å². The van der Waals surface area contributed by atoms with E-state index in [2.05, 4.69) is 36.5 Å². The van der Waals surface area contributed by atoms with Gasteiger partial charge in [0.2, 0.25) is 11.8 Å². The molecule has 2 amide bonds. The first-order valence-corrected chi connectivity index (χ1v) is 11.6. The molecule has 0 radical (unpaired) electrons. The summed E-state index contributed by atoms with van der Waals surface area (Å²) >= 11 is 1.56. The summed E-state index contributed by atoms with van der Waals surface area (Å²) in [6, 6.07) is 15.3. The molecule has 0 heterocycles. The molecule has 2 rings (SSSR count). The van der Waals surface area contributed by atoms with Gasteiger partial charge in [0.1, 0.15) is 11.8 Å². The number of nitrogens with zero attached hydrogens (tertiary/aromatic N) is 1. The quantitative estimate of drug-likeness (QED) is 0.618. The molecule has 2 aromatic rings. The second-order valence-electron chi connectivity index (χ2n) is 8.77. The SMILES string of the molecule is COc1cccc(CN(C(=O)CSCc2ccc(C)cc2)C(C)C(=O)NC(C)(C)C)c1. The minimum atomic E-state index is -0.585. The number of nitrogens with one attached hydrogen (secondary N) is 1. The molecule has 168 valence electrons. The van der Waals surface area contributed by atoms with Gasteiger partial charge in [-0.25, -0.2) is 0 Å². The molecule has 1 N–H and O–H groups in total. The van der Waals surface area contributed by atoms with Gasteiger partial charge >= 0.3 is 0 Å².